The lowest BCUT2D eigenvalue weighted by Gasteiger charge is -2.10. The quantitative estimate of drug-likeness (QED) is 0.266. The Hall–Kier alpha value is -4.07. The van der Waals surface area contributed by atoms with Crippen LogP contribution in [0.15, 0.2) is 77.2 Å². The highest BCUT2D eigenvalue weighted by molar-refractivity contribution is 6.11. The van der Waals surface area contributed by atoms with Crippen LogP contribution in [0.2, 0.25) is 0 Å². The number of para-hydroxylation sites is 1. The van der Waals surface area contributed by atoms with Gasteiger partial charge in [0.05, 0.1) is 17.5 Å². The summed E-state index contributed by atoms with van der Waals surface area (Å²) in [5.41, 5.74) is 1.84. The molecule has 1 N–H and O–H groups in total. The standard InChI is InChI=1S/C29H26F3NO4/c1-18(2)16-33-28(35)26-23-8-3-4-9-24(23)37-27(26)21-12-10-19(11-13-21)17-36-25(34)15-20-6-5-7-22(14-20)29(30,31)32/h3-14,18H,15-17H2,1-2H3,(H,33,35). The Balaban J connectivity index is 1.46. The van der Waals surface area contributed by atoms with Crippen molar-refractivity contribution in [3.8, 4) is 11.3 Å². The zero-order valence-corrected chi connectivity index (χ0v) is 20.4. The molecule has 1 aromatic heterocycles. The second-order valence-electron chi connectivity index (χ2n) is 9.14. The number of benzene rings is 3. The molecule has 0 aliphatic carbocycles. The number of amides is 1. The molecule has 0 saturated carbocycles. The van der Waals surface area contributed by atoms with Crippen molar-refractivity contribution in [2.24, 2.45) is 5.92 Å². The Morgan fingerprint density at radius 3 is 2.38 bits per heavy atom. The third kappa shape index (κ3) is 6.39. The van der Waals surface area contributed by atoms with E-state index in [9.17, 15) is 22.8 Å². The maximum atomic E-state index is 13.0. The molecule has 0 fully saturated rings. The van der Waals surface area contributed by atoms with Gasteiger partial charge in [-0.1, -0.05) is 74.5 Å². The number of hydrogen-bond donors (Lipinski definition) is 1. The van der Waals surface area contributed by atoms with Crippen LogP contribution in [-0.2, 0) is 28.7 Å². The molecule has 1 heterocycles. The summed E-state index contributed by atoms with van der Waals surface area (Å²) in [7, 11) is 0. The third-order valence-electron chi connectivity index (χ3n) is 5.71. The van der Waals surface area contributed by atoms with Crippen molar-refractivity contribution >= 4 is 22.8 Å². The molecule has 1 amide bonds. The van der Waals surface area contributed by atoms with Crippen molar-refractivity contribution in [2.45, 2.75) is 33.1 Å². The number of furan rings is 1. The molecule has 8 heteroatoms. The first kappa shape index (κ1) is 26.0. The van der Waals surface area contributed by atoms with Crippen molar-refractivity contribution in [1.29, 1.82) is 0 Å². The van der Waals surface area contributed by atoms with Crippen LogP contribution in [0.25, 0.3) is 22.3 Å². The molecule has 4 aromatic rings. The molecule has 192 valence electrons. The van der Waals surface area contributed by atoms with E-state index in [1.807, 2.05) is 32.0 Å². The molecule has 37 heavy (non-hydrogen) atoms. The maximum absolute atomic E-state index is 13.0. The molecule has 0 atom stereocenters. The molecular formula is C29H26F3NO4. The average molecular weight is 510 g/mol. The van der Waals surface area contributed by atoms with Gasteiger partial charge in [0, 0.05) is 17.5 Å². The van der Waals surface area contributed by atoms with E-state index in [0.717, 1.165) is 12.1 Å². The number of esters is 1. The van der Waals surface area contributed by atoms with E-state index in [2.05, 4.69) is 5.32 Å². The van der Waals surface area contributed by atoms with Gasteiger partial charge in [-0.05, 0) is 29.2 Å². The van der Waals surface area contributed by atoms with E-state index < -0.39 is 17.7 Å². The van der Waals surface area contributed by atoms with E-state index in [-0.39, 0.29) is 24.5 Å². The molecule has 3 aromatic carbocycles. The lowest BCUT2D eigenvalue weighted by molar-refractivity contribution is -0.144. The fraction of sp³-hybridized carbons (Fsp3) is 0.241. The Labute approximate surface area is 212 Å². The molecule has 4 rings (SSSR count). The molecule has 0 bridgehead atoms. The number of carbonyl (C=O) groups is 2. The van der Waals surface area contributed by atoms with Crippen molar-refractivity contribution in [3.05, 3.63) is 95.1 Å². The Morgan fingerprint density at radius 2 is 1.68 bits per heavy atom. The van der Waals surface area contributed by atoms with Gasteiger partial charge in [-0.3, -0.25) is 9.59 Å². The summed E-state index contributed by atoms with van der Waals surface area (Å²) < 4.78 is 49.9. The molecule has 0 unspecified atom stereocenters. The van der Waals surface area contributed by atoms with Gasteiger partial charge in [-0.15, -0.1) is 0 Å². The van der Waals surface area contributed by atoms with Crippen LogP contribution in [0.1, 0.15) is 40.9 Å². The van der Waals surface area contributed by atoms with Crippen molar-refractivity contribution in [2.75, 3.05) is 6.54 Å². The zero-order chi connectivity index (χ0) is 26.6. The summed E-state index contributed by atoms with van der Waals surface area (Å²) in [5.74, 6) is -0.122. The minimum absolute atomic E-state index is 0.0417. The molecule has 0 aliphatic heterocycles. The number of rotatable bonds is 8. The van der Waals surface area contributed by atoms with Gasteiger partial charge in [0.1, 0.15) is 18.0 Å². The molecule has 0 aliphatic rings. The van der Waals surface area contributed by atoms with Gasteiger partial charge in [0.2, 0.25) is 0 Å². The number of nitrogens with one attached hydrogen (secondary N) is 1. The van der Waals surface area contributed by atoms with Crippen LogP contribution in [-0.4, -0.2) is 18.4 Å². The van der Waals surface area contributed by atoms with E-state index in [1.54, 1.807) is 30.3 Å². The highest BCUT2D eigenvalue weighted by Gasteiger charge is 2.30. The van der Waals surface area contributed by atoms with Crippen LogP contribution in [0.3, 0.4) is 0 Å². The minimum Gasteiger partial charge on any atom is -0.461 e. The summed E-state index contributed by atoms with van der Waals surface area (Å²) in [6.45, 7) is 4.52. The first-order valence-corrected chi connectivity index (χ1v) is 11.8. The molecule has 5 nitrogen and oxygen atoms in total. The van der Waals surface area contributed by atoms with Gasteiger partial charge in [-0.25, -0.2) is 0 Å². The number of alkyl halides is 3. The van der Waals surface area contributed by atoms with Crippen molar-refractivity contribution in [3.63, 3.8) is 0 Å². The summed E-state index contributed by atoms with van der Waals surface area (Å²) in [5, 5.41) is 3.66. The smallest absolute Gasteiger partial charge is 0.416 e. The predicted molar refractivity (Wildman–Crippen MR) is 134 cm³/mol. The molecule has 0 spiro atoms. The van der Waals surface area contributed by atoms with E-state index in [0.29, 0.717) is 45.9 Å². The van der Waals surface area contributed by atoms with E-state index >= 15 is 0 Å². The monoisotopic (exact) mass is 509 g/mol. The zero-order valence-electron chi connectivity index (χ0n) is 20.4. The predicted octanol–water partition coefficient (Wildman–Crippen LogP) is 6.79. The van der Waals surface area contributed by atoms with Crippen LogP contribution in [0.5, 0.6) is 0 Å². The SMILES string of the molecule is CC(C)CNC(=O)c1c(-c2ccc(COC(=O)Cc3cccc(C(F)(F)F)c3)cc2)oc2ccccc12. The van der Waals surface area contributed by atoms with Gasteiger partial charge in [-0.2, -0.15) is 13.2 Å². The lowest BCUT2D eigenvalue weighted by atomic mass is 10.0. The topological polar surface area (TPSA) is 68.5 Å². The number of fused-ring (bicyclic) bond motifs is 1. The van der Waals surface area contributed by atoms with Crippen molar-refractivity contribution in [1.82, 2.24) is 5.32 Å². The number of halogens is 3. The van der Waals surface area contributed by atoms with Crippen molar-refractivity contribution < 1.29 is 31.9 Å². The highest BCUT2D eigenvalue weighted by Crippen LogP contribution is 2.34. The fourth-order valence-electron chi connectivity index (χ4n) is 3.85. The second kappa shape index (κ2) is 10.9. The van der Waals surface area contributed by atoms with Gasteiger partial charge in [0.15, 0.2) is 0 Å². The van der Waals surface area contributed by atoms with Crippen LogP contribution in [0, 0.1) is 5.92 Å². The van der Waals surface area contributed by atoms with Gasteiger partial charge < -0.3 is 14.5 Å². The fourth-order valence-corrected chi connectivity index (χ4v) is 3.85. The maximum Gasteiger partial charge on any atom is 0.416 e. The van der Waals surface area contributed by atoms with Crippen LogP contribution in [0.4, 0.5) is 13.2 Å². The molecule has 0 saturated heterocycles. The number of carbonyl (C=O) groups excluding carboxylic acids is 2. The van der Waals surface area contributed by atoms with E-state index in [1.165, 1.54) is 12.1 Å². The Bertz CT molecular complexity index is 1400. The summed E-state index contributed by atoms with van der Waals surface area (Å²) in [6.07, 6.45) is -4.74. The Kier molecular flexibility index (Phi) is 7.66. The number of ether oxygens (including phenoxy) is 1. The molecular weight excluding hydrogens is 483 g/mol. The number of hydrogen-bond acceptors (Lipinski definition) is 4. The minimum atomic E-state index is -4.48. The van der Waals surface area contributed by atoms with Crippen LogP contribution < -0.4 is 5.32 Å². The van der Waals surface area contributed by atoms with Crippen LogP contribution >= 0.6 is 0 Å². The highest BCUT2D eigenvalue weighted by atomic mass is 19.4. The van der Waals surface area contributed by atoms with Gasteiger partial charge >= 0.3 is 12.1 Å². The van der Waals surface area contributed by atoms with E-state index in [4.69, 9.17) is 9.15 Å². The van der Waals surface area contributed by atoms with Gasteiger partial charge in [0.25, 0.3) is 5.91 Å². The second-order valence-corrected chi connectivity index (χ2v) is 9.14. The Morgan fingerprint density at radius 1 is 0.946 bits per heavy atom. The summed E-state index contributed by atoms with van der Waals surface area (Å²) >= 11 is 0. The summed E-state index contributed by atoms with van der Waals surface area (Å²) in [4.78, 5) is 25.2. The normalized spacial score (nSPS) is 11.6. The first-order chi connectivity index (χ1) is 17.6. The third-order valence-corrected chi connectivity index (χ3v) is 5.71. The molecule has 0 radical (unpaired) electrons. The summed E-state index contributed by atoms with van der Waals surface area (Å²) in [6, 6.07) is 19.0. The largest absolute Gasteiger partial charge is 0.461 e. The first-order valence-electron chi connectivity index (χ1n) is 11.8. The lowest BCUT2D eigenvalue weighted by Crippen LogP contribution is -2.27. The average Bonchev–Trinajstić information content (AvgIpc) is 3.26.